The van der Waals surface area contributed by atoms with Crippen molar-refractivity contribution in [3.63, 3.8) is 0 Å². The molecule has 7 heteroatoms. The molecule has 0 aromatic heterocycles. The molecular weight excluding hydrogens is 341 g/mol. The highest BCUT2D eigenvalue weighted by Gasteiger charge is 2.41. The molecule has 3 rings (SSSR count). The maximum absolute atomic E-state index is 13.4. The van der Waals surface area contributed by atoms with E-state index in [1.807, 2.05) is 0 Å². The lowest BCUT2D eigenvalue weighted by molar-refractivity contribution is -0.149. The number of halogens is 1. The second-order valence-corrected chi connectivity index (χ2v) is 5.77. The fraction of sp³-hybridized carbons (Fsp3) is 0.211. The number of nitrogens with zero attached hydrogens (tertiary/aromatic N) is 1. The van der Waals surface area contributed by atoms with Crippen LogP contribution in [0.1, 0.15) is 33.2 Å². The minimum absolute atomic E-state index is 0.243. The summed E-state index contributed by atoms with van der Waals surface area (Å²) in [5, 5.41) is 0. The van der Waals surface area contributed by atoms with Crippen LogP contribution in [0.3, 0.4) is 0 Å². The Morgan fingerprint density at radius 3 is 2.31 bits per heavy atom. The third-order valence-electron chi connectivity index (χ3n) is 4.17. The smallest absolute Gasteiger partial charge is 0.329 e. The number of hydrogen-bond acceptors (Lipinski definition) is 5. The topological polar surface area (TPSA) is 72.9 Å². The van der Waals surface area contributed by atoms with E-state index in [-0.39, 0.29) is 17.7 Å². The standard InChI is InChI=1S/C19H16FNO5/c1-11(21-17(22)14-5-3-4-6-15(14)18(21)23)19(24)26-10-12-9-13(20)7-8-16(12)25-2/h3-9,11H,10H2,1-2H3/t11-/m1/s1. The van der Waals surface area contributed by atoms with Gasteiger partial charge in [-0.15, -0.1) is 0 Å². The normalized spacial score (nSPS) is 14.2. The zero-order valence-corrected chi connectivity index (χ0v) is 14.2. The summed E-state index contributed by atoms with van der Waals surface area (Å²) in [6.07, 6.45) is 0. The molecule has 2 amide bonds. The van der Waals surface area contributed by atoms with Crippen molar-refractivity contribution in [3.8, 4) is 5.75 Å². The number of rotatable bonds is 5. The molecule has 26 heavy (non-hydrogen) atoms. The van der Waals surface area contributed by atoms with Crippen LogP contribution in [-0.4, -0.2) is 35.8 Å². The number of amides is 2. The summed E-state index contributed by atoms with van der Waals surface area (Å²) in [6, 6.07) is 9.09. The summed E-state index contributed by atoms with van der Waals surface area (Å²) < 4.78 is 23.6. The summed E-state index contributed by atoms with van der Waals surface area (Å²) in [5.41, 5.74) is 0.850. The van der Waals surface area contributed by atoms with Gasteiger partial charge in [0, 0.05) is 5.56 Å². The molecule has 0 saturated heterocycles. The van der Waals surface area contributed by atoms with Gasteiger partial charge in [-0.1, -0.05) is 12.1 Å². The Balaban J connectivity index is 1.73. The molecule has 0 aliphatic carbocycles. The third kappa shape index (κ3) is 3.03. The lowest BCUT2D eigenvalue weighted by Crippen LogP contribution is -2.43. The largest absolute Gasteiger partial charge is 0.496 e. The van der Waals surface area contributed by atoms with E-state index in [0.29, 0.717) is 11.3 Å². The van der Waals surface area contributed by atoms with Gasteiger partial charge in [0.25, 0.3) is 11.8 Å². The first-order valence-electron chi connectivity index (χ1n) is 7.90. The highest BCUT2D eigenvalue weighted by Crippen LogP contribution is 2.25. The SMILES string of the molecule is COc1ccc(F)cc1COC(=O)[C@@H](C)N1C(=O)c2ccccc2C1=O. The van der Waals surface area contributed by atoms with E-state index in [0.717, 1.165) is 4.90 Å². The molecule has 6 nitrogen and oxygen atoms in total. The lowest BCUT2D eigenvalue weighted by Gasteiger charge is -2.21. The van der Waals surface area contributed by atoms with Crippen LogP contribution in [-0.2, 0) is 16.1 Å². The minimum Gasteiger partial charge on any atom is -0.496 e. The molecule has 0 spiro atoms. The number of hydrogen-bond donors (Lipinski definition) is 0. The van der Waals surface area contributed by atoms with Gasteiger partial charge in [0.05, 0.1) is 18.2 Å². The molecule has 2 aromatic carbocycles. The zero-order valence-electron chi connectivity index (χ0n) is 14.2. The summed E-state index contributed by atoms with van der Waals surface area (Å²) in [6.45, 7) is 1.17. The van der Waals surface area contributed by atoms with E-state index in [4.69, 9.17) is 9.47 Å². The Kier molecular flexibility index (Phi) is 4.71. The van der Waals surface area contributed by atoms with Crippen molar-refractivity contribution in [2.24, 2.45) is 0 Å². The van der Waals surface area contributed by atoms with Crippen LogP contribution in [0.15, 0.2) is 42.5 Å². The van der Waals surface area contributed by atoms with Crippen LogP contribution in [0, 0.1) is 5.82 Å². The number of imide groups is 1. The summed E-state index contributed by atoms with van der Waals surface area (Å²) in [4.78, 5) is 38.0. The van der Waals surface area contributed by atoms with Crippen LogP contribution in [0.4, 0.5) is 4.39 Å². The second-order valence-electron chi connectivity index (χ2n) is 5.77. The Labute approximate surface area is 149 Å². The predicted octanol–water partition coefficient (Wildman–Crippen LogP) is 2.56. The van der Waals surface area contributed by atoms with Gasteiger partial charge in [0.1, 0.15) is 24.2 Å². The lowest BCUT2D eigenvalue weighted by atomic mass is 10.1. The van der Waals surface area contributed by atoms with Crippen molar-refractivity contribution >= 4 is 17.8 Å². The van der Waals surface area contributed by atoms with Crippen LogP contribution in [0.2, 0.25) is 0 Å². The van der Waals surface area contributed by atoms with E-state index < -0.39 is 29.6 Å². The van der Waals surface area contributed by atoms with Gasteiger partial charge in [-0.25, -0.2) is 9.18 Å². The first-order chi connectivity index (χ1) is 12.4. The molecule has 0 unspecified atom stereocenters. The van der Waals surface area contributed by atoms with Crippen LogP contribution < -0.4 is 4.74 Å². The molecule has 0 saturated carbocycles. The molecule has 0 bridgehead atoms. The van der Waals surface area contributed by atoms with Gasteiger partial charge in [-0.05, 0) is 37.3 Å². The maximum atomic E-state index is 13.4. The first kappa shape index (κ1) is 17.6. The summed E-state index contributed by atoms with van der Waals surface area (Å²) in [7, 11) is 1.42. The van der Waals surface area contributed by atoms with E-state index in [1.54, 1.807) is 12.1 Å². The fourth-order valence-corrected chi connectivity index (χ4v) is 2.79. The second kappa shape index (κ2) is 6.95. The van der Waals surface area contributed by atoms with Gasteiger partial charge < -0.3 is 9.47 Å². The number of fused-ring (bicyclic) bond motifs is 1. The van der Waals surface area contributed by atoms with Gasteiger partial charge in [0.15, 0.2) is 0 Å². The van der Waals surface area contributed by atoms with Crippen molar-refractivity contribution in [2.45, 2.75) is 19.6 Å². The molecule has 1 aliphatic rings. The predicted molar refractivity (Wildman–Crippen MR) is 89.2 cm³/mol. The van der Waals surface area contributed by atoms with Crippen LogP contribution in [0.25, 0.3) is 0 Å². The maximum Gasteiger partial charge on any atom is 0.329 e. The van der Waals surface area contributed by atoms with Gasteiger partial charge in [-0.2, -0.15) is 0 Å². The number of methoxy groups -OCH3 is 1. The van der Waals surface area contributed by atoms with Gasteiger partial charge in [-0.3, -0.25) is 14.5 Å². The van der Waals surface area contributed by atoms with Crippen molar-refractivity contribution < 1.29 is 28.2 Å². The molecule has 0 radical (unpaired) electrons. The van der Waals surface area contributed by atoms with Crippen molar-refractivity contribution in [1.82, 2.24) is 4.90 Å². The first-order valence-corrected chi connectivity index (χ1v) is 7.90. The quantitative estimate of drug-likeness (QED) is 0.607. The van der Waals surface area contributed by atoms with Crippen molar-refractivity contribution in [1.29, 1.82) is 0 Å². The van der Waals surface area contributed by atoms with E-state index in [2.05, 4.69) is 0 Å². The zero-order chi connectivity index (χ0) is 18.8. The van der Waals surface area contributed by atoms with Crippen LogP contribution >= 0.6 is 0 Å². The Morgan fingerprint density at radius 1 is 1.12 bits per heavy atom. The molecular formula is C19H16FNO5. The Hall–Kier alpha value is -3.22. The Bertz CT molecular complexity index is 860. The van der Waals surface area contributed by atoms with Crippen molar-refractivity contribution in [2.75, 3.05) is 7.11 Å². The third-order valence-corrected chi connectivity index (χ3v) is 4.17. The van der Waals surface area contributed by atoms with Crippen LogP contribution in [0.5, 0.6) is 5.75 Å². The summed E-state index contributed by atoms with van der Waals surface area (Å²) in [5.74, 6) is -1.99. The number of carbonyl (C=O) groups excluding carboxylic acids is 3. The molecule has 1 atom stereocenters. The van der Waals surface area contributed by atoms with Crippen molar-refractivity contribution in [3.05, 3.63) is 65.0 Å². The molecule has 1 aliphatic heterocycles. The Morgan fingerprint density at radius 2 is 1.73 bits per heavy atom. The highest BCUT2D eigenvalue weighted by molar-refractivity contribution is 6.22. The van der Waals surface area contributed by atoms with Gasteiger partial charge >= 0.3 is 5.97 Å². The molecule has 134 valence electrons. The van der Waals surface area contributed by atoms with E-state index in [9.17, 15) is 18.8 Å². The molecule has 2 aromatic rings. The minimum atomic E-state index is -1.11. The summed E-state index contributed by atoms with van der Waals surface area (Å²) >= 11 is 0. The molecule has 0 N–H and O–H groups in total. The fourth-order valence-electron chi connectivity index (χ4n) is 2.79. The number of benzene rings is 2. The number of esters is 1. The highest BCUT2D eigenvalue weighted by atomic mass is 19.1. The van der Waals surface area contributed by atoms with Gasteiger partial charge in [0.2, 0.25) is 0 Å². The molecule has 0 fully saturated rings. The average Bonchev–Trinajstić information content (AvgIpc) is 2.90. The number of ether oxygens (including phenoxy) is 2. The monoisotopic (exact) mass is 357 g/mol. The van der Waals surface area contributed by atoms with E-state index >= 15 is 0 Å². The molecule has 1 heterocycles. The van der Waals surface area contributed by atoms with E-state index in [1.165, 1.54) is 44.4 Å². The average molecular weight is 357 g/mol. The number of carbonyl (C=O) groups is 3.